The minimum absolute atomic E-state index is 0.138. The van der Waals surface area contributed by atoms with Gasteiger partial charge in [-0.25, -0.2) is 8.70 Å². The van der Waals surface area contributed by atoms with Crippen LogP contribution in [0.3, 0.4) is 0 Å². The topological polar surface area (TPSA) is 9.72 Å². The van der Waals surface area contributed by atoms with Gasteiger partial charge < -0.3 is 9.80 Å². The van der Waals surface area contributed by atoms with Gasteiger partial charge in [0.25, 0.3) is 0 Å². The Labute approximate surface area is 179 Å². The Hall–Kier alpha value is -1.56. The minimum atomic E-state index is -0.138. The summed E-state index contributed by atoms with van der Waals surface area (Å²) >= 11 is 2.06. The minimum Gasteiger partial charge on any atom is -0.369 e. The molecule has 2 heterocycles. The number of nitrogens with zero attached hydrogens (tertiary/aromatic N) is 3. The van der Waals surface area contributed by atoms with Crippen molar-refractivity contribution in [1.29, 1.82) is 0 Å². The zero-order chi connectivity index (χ0) is 20.3. The van der Waals surface area contributed by atoms with E-state index in [2.05, 4.69) is 46.0 Å². The molecule has 0 N–H and O–H groups in total. The number of anilines is 1. The fraction of sp³-hybridized carbons (Fsp3) is 0.500. The third kappa shape index (κ3) is 4.96. The van der Waals surface area contributed by atoms with Gasteiger partial charge in [0.1, 0.15) is 5.82 Å². The van der Waals surface area contributed by atoms with E-state index in [0.29, 0.717) is 10.3 Å². The fourth-order valence-corrected chi connectivity index (χ4v) is 5.67. The molecule has 5 heteroatoms. The van der Waals surface area contributed by atoms with Gasteiger partial charge in [0.15, 0.2) is 0 Å². The summed E-state index contributed by atoms with van der Waals surface area (Å²) in [5.41, 5.74) is 2.60. The number of rotatable bonds is 5. The Morgan fingerprint density at radius 2 is 1.62 bits per heavy atom. The third-order valence-corrected chi connectivity index (χ3v) is 7.82. The summed E-state index contributed by atoms with van der Waals surface area (Å²) in [5.74, 6) is -0.138. The predicted octanol–water partition coefficient (Wildman–Crippen LogP) is 5.14. The average molecular weight is 414 g/mol. The van der Waals surface area contributed by atoms with E-state index in [1.54, 1.807) is 6.07 Å². The summed E-state index contributed by atoms with van der Waals surface area (Å²) in [7, 11) is 0. The Morgan fingerprint density at radius 3 is 2.24 bits per heavy atom. The van der Waals surface area contributed by atoms with Crippen LogP contribution in [0.1, 0.15) is 26.7 Å². The summed E-state index contributed by atoms with van der Waals surface area (Å²) in [5, 5.41) is 0. The van der Waals surface area contributed by atoms with Crippen molar-refractivity contribution in [3.8, 4) is 11.1 Å². The van der Waals surface area contributed by atoms with Gasteiger partial charge in [-0.1, -0.05) is 49.2 Å². The number of halogens is 1. The van der Waals surface area contributed by atoms with Gasteiger partial charge in [0.2, 0.25) is 0 Å². The standard InChI is InChI=1S/C24H32FN3S/c1-3-26-13-11-24(2,12-14-26)29-28-17-15-27(16-18-28)21-9-10-22(23(25)19-21)20-7-5-4-6-8-20/h4-10,19H,3,11-18H2,1-2H3. The normalized spacial score (nSPS) is 20.7. The second-order valence-electron chi connectivity index (χ2n) is 8.42. The van der Waals surface area contributed by atoms with E-state index in [-0.39, 0.29) is 5.82 Å². The van der Waals surface area contributed by atoms with E-state index in [1.165, 1.54) is 32.5 Å². The molecule has 0 saturated carbocycles. The van der Waals surface area contributed by atoms with Gasteiger partial charge in [0, 0.05) is 42.2 Å². The van der Waals surface area contributed by atoms with E-state index in [4.69, 9.17) is 0 Å². The van der Waals surface area contributed by atoms with Crippen molar-refractivity contribution in [3.05, 3.63) is 54.3 Å². The molecule has 2 aromatic carbocycles. The average Bonchev–Trinajstić information content (AvgIpc) is 2.75. The quantitative estimate of drug-likeness (QED) is 0.628. The van der Waals surface area contributed by atoms with Crippen LogP contribution in [0.15, 0.2) is 48.5 Å². The maximum atomic E-state index is 14.7. The Balaban J connectivity index is 1.33. The van der Waals surface area contributed by atoms with Crippen molar-refractivity contribution in [3.63, 3.8) is 0 Å². The summed E-state index contributed by atoms with van der Waals surface area (Å²) in [4.78, 5) is 4.87. The second-order valence-corrected chi connectivity index (χ2v) is 10.1. The van der Waals surface area contributed by atoms with Crippen molar-refractivity contribution in [2.45, 2.75) is 31.4 Å². The van der Waals surface area contributed by atoms with E-state index in [9.17, 15) is 4.39 Å². The van der Waals surface area contributed by atoms with Gasteiger partial charge >= 0.3 is 0 Å². The highest BCUT2D eigenvalue weighted by atomic mass is 32.2. The predicted molar refractivity (Wildman–Crippen MR) is 123 cm³/mol. The fourth-order valence-electron chi connectivity index (χ4n) is 4.34. The van der Waals surface area contributed by atoms with Crippen molar-refractivity contribution in [2.24, 2.45) is 0 Å². The summed E-state index contributed by atoms with van der Waals surface area (Å²) in [6.07, 6.45) is 2.52. The highest BCUT2D eigenvalue weighted by Gasteiger charge is 2.33. The number of piperidine rings is 1. The van der Waals surface area contributed by atoms with Crippen LogP contribution >= 0.6 is 11.9 Å². The van der Waals surface area contributed by atoms with Crippen LogP contribution in [0.5, 0.6) is 0 Å². The molecule has 0 aromatic heterocycles. The van der Waals surface area contributed by atoms with Crippen LogP contribution in [0, 0.1) is 5.82 Å². The van der Waals surface area contributed by atoms with Crippen molar-refractivity contribution in [1.82, 2.24) is 9.21 Å². The maximum absolute atomic E-state index is 14.7. The molecule has 2 aromatic rings. The van der Waals surface area contributed by atoms with Crippen LogP contribution < -0.4 is 4.90 Å². The third-order valence-electron chi connectivity index (χ3n) is 6.35. The molecule has 0 aliphatic carbocycles. The largest absolute Gasteiger partial charge is 0.369 e. The van der Waals surface area contributed by atoms with E-state index in [1.807, 2.05) is 36.4 Å². The summed E-state index contributed by atoms with van der Waals surface area (Å²) < 4.78 is 17.6. The number of likely N-dealkylation sites (tertiary alicyclic amines) is 1. The Bertz CT molecular complexity index is 797. The first-order valence-electron chi connectivity index (χ1n) is 10.8. The molecule has 0 radical (unpaired) electrons. The van der Waals surface area contributed by atoms with E-state index >= 15 is 0 Å². The number of piperazine rings is 1. The Kier molecular flexibility index (Phi) is 6.47. The van der Waals surface area contributed by atoms with Crippen LogP contribution in [-0.2, 0) is 0 Å². The van der Waals surface area contributed by atoms with Crippen LogP contribution in [0.25, 0.3) is 11.1 Å². The Morgan fingerprint density at radius 1 is 0.931 bits per heavy atom. The number of benzene rings is 2. The molecule has 0 bridgehead atoms. The van der Waals surface area contributed by atoms with Crippen molar-refractivity contribution < 1.29 is 4.39 Å². The number of hydrogen-bond acceptors (Lipinski definition) is 4. The summed E-state index contributed by atoms with van der Waals surface area (Å²) in [6.45, 7) is 12.2. The lowest BCUT2D eigenvalue weighted by Gasteiger charge is -2.43. The van der Waals surface area contributed by atoms with Crippen molar-refractivity contribution in [2.75, 3.05) is 50.7 Å². The monoisotopic (exact) mass is 413 g/mol. The molecule has 2 aliphatic rings. The smallest absolute Gasteiger partial charge is 0.133 e. The highest BCUT2D eigenvalue weighted by Crippen LogP contribution is 2.38. The van der Waals surface area contributed by atoms with E-state index < -0.39 is 0 Å². The highest BCUT2D eigenvalue weighted by molar-refractivity contribution is 7.98. The van der Waals surface area contributed by atoms with Gasteiger partial charge in [-0.2, -0.15) is 0 Å². The first-order chi connectivity index (χ1) is 14.1. The first-order valence-corrected chi connectivity index (χ1v) is 11.6. The SMILES string of the molecule is CCN1CCC(C)(SN2CCN(c3ccc(-c4ccccc4)c(F)c3)CC2)CC1. The van der Waals surface area contributed by atoms with Gasteiger partial charge in [-0.15, -0.1) is 0 Å². The lowest BCUT2D eigenvalue weighted by Crippen LogP contribution is -2.47. The van der Waals surface area contributed by atoms with Crippen LogP contribution in [0.4, 0.5) is 10.1 Å². The molecule has 29 heavy (non-hydrogen) atoms. The molecular formula is C24H32FN3S. The molecule has 0 amide bonds. The lowest BCUT2D eigenvalue weighted by atomic mass is 9.98. The second kappa shape index (κ2) is 9.07. The lowest BCUT2D eigenvalue weighted by molar-refractivity contribution is 0.213. The van der Waals surface area contributed by atoms with Gasteiger partial charge in [-0.3, -0.25) is 0 Å². The summed E-state index contributed by atoms with van der Waals surface area (Å²) in [6, 6.07) is 15.5. The molecule has 0 atom stereocenters. The molecule has 2 aliphatic heterocycles. The van der Waals surface area contributed by atoms with Crippen LogP contribution in [-0.4, -0.2) is 59.8 Å². The zero-order valence-electron chi connectivity index (χ0n) is 17.6. The van der Waals surface area contributed by atoms with Crippen LogP contribution in [0.2, 0.25) is 0 Å². The van der Waals surface area contributed by atoms with E-state index in [0.717, 1.165) is 37.4 Å². The van der Waals surface area contributed by atoms with Gasteiger partial charge in [0.05, 0.1) is 0 Å². The molecule has 0 unspecified atom stereocenters. The molecule has 3 nitrogen and oxygen atoms in total. The molecule has 2 saturated heterocycles. The first kappa shape index (κ1) is 20.7. The number of hydrogen-bond donors (Lipinski definition) is 0. The van der Waals surface area contributed by atoms with Crippen molar-refractivity contribution >= 4 is 17.6 Å². The molecule has 0 spiro atoms. The molecule has 2 fully saturated rings. The molecular weight excluding hydrogens is 381 g/mol. The zero-order valence-corrected chi connectivity index (χ0v) is 18.4. The van der Waals surface area contributed by atoms with Gasteiger partial charge in [-0.05, 0) is 63.2 Å². The molecule has 156 valence electrons. The maximum Gasteiger partial charge on any atom is 0.133 e. The molecule has 4 rings (SSSR count).